The predicted molar refractivity (Wildman–Crippen MR) is 107 cm³/mol. The molecular weight excluding hydrogens is 356 g/mol. The number of carbonyl (C=O) groups is 2. The molecule has 148 valence electrons. The lowest BCUT2D eigenvalue weighted by molar-refractivity contribution is 0.000450. The molecule has 1 spiro atoms. The average Bonchev–Trinajstić information content (AvgIpc) is 3.07. The zero-order valence-electron chi connectivity index (χ0n) is 16.7. The van der Waals surface area contributed by atoms with Gasteiger partial charge in [0.25, 0.3) is 0 Å². The molecule has 2 aromatic rings. The monoisotopic (exact) mass is 382 g/mol. The largest absolute Gasteiger partial charge is 0.456 e. The van der Waals surface area contributed by atoms with E-state index in [9.17, 15) is 9.59 Å². The Hall–Kier alpha value is -2.63. The fourth-order valence-corrected chi connectivity index (χ4v) is 4.12. The third-order valence-corrected chi connectivity index (χ3v) is 5.49. The van der Waals surface area contributed by atoms with Crippen molar-refractivity contribution < 1.29 is 19.1 Å². The van der Waals surface area contributed by atoms with E-state index < -0.39 is 11.6 Å². The van der Waals surface area contributed by atoms with E-state index in [4.69, 9.17) is 9.47 Å². The molecule has 6 nitrogen and oxygen atoms in total. The Morgan fingerprint density at radius 2 is 1.93 bits per heavy atom. The highest BCUT2D eigenvalue weighted by atomic mass is 16.6. The van der Waals surface area contributed by atoms with Crippen LogP contribution >= 0.6 is 0 Å². The molecule has 1 aromatic heterocycles. The summed E-state index contributed by atoms with van der Waals surface area (Å²) in [5.41, 5.74) is 0.983. The lowest BCUT2D eigenvalue weighted by atomic mass is 9.96. The molecule has 1 aliphatic heterocycles. The van der Waals surface area contributed by atoms with Crippen LogP contribution in [0.15, 0.2) is 30.5 Å². The Bertz CT molecular complexity index is 926. The van der Waals surface area contributed by atoms with Gasteiger partial charge in [-0.05, 0) is 70.7 Å². The van der Waals surface area contributed by atoms with Gasteiger partial charge >= 0.3 is 12.1 Å². The molecule has 0 N–H and O–H groups in total. The molecule has 28 heavy (non-hydrogen) atoms. The number of fused-ring (bicyclic) bond motifs is 1. The number of aromatic nitrogens is 1. The topological polar surface area (TPSA) is 68.7 Å². The van der Waals surface area contributed by atoms with Crippen molar-refractivity contribution in [3.05, 3.63) is 36.0 Å². The van der Waals surface area contributed by atoms with Crippen LogP contribution in [0.5, 0.6) is 0 Å². The van der Waals surface area contributed by atoms with Crippen LogP contribution in [0.3, 0.4) is 0 Å². The van der Waals surface area contributed by atoms with Gasteiger partial charge in [-0.15, -0.1) is 0 Å². The van der Waals surface area contributed by atoms with E-state index in [0.29, 0.717) is 28.7 Å². The molecule has 0 atom stereocenters. The summed E-state index contributed by atoms with van der Waals surface area (Å²) in [6, 6.07) is 7.16. The number of nitrogens with zero attached hydrogens (tertiary/aromatic N) is 2. The first-order chi connectivity index (χ1) is 13.3. The fourth-order valence-electron chi connectivity index (χ4n) is 4.12. The molecule has 0 radical (unpaired) electrons. The summed E-state index contributed by atoms with van der Waals surface area (Å²) < 4.78 is 11.4. The number of amides is 1. The van der Waals surface area contributed by atoms with Crippen molar-refractivity contribution in [3.8, 4) is 0 Å². The van der Waals surface area contributed by atoms with Crippen molar-refractivity contribution in [3.63, 3.8) is 0 Å². The quantitative estimate of drug-likeness (QED) is 0.695. The van der Waals surface area contributed by atoms with Crippen molar-refractivity contribution in [1.29, 1.82) is 0 Å². The molecule has 1 amide bonds. The van der Waals surface area contributed by atoms with Crippen LogP contribution in [0.25, 0.3) is 10.9 Å². The van der Waals surface area contributed by atoms with E-state index in [2.05, 4.69) is 4.98 Å². The first kappa shape index (κ1) is 18.7. The zero-order valence-corrected chi connectivity index (χ0v) is 16.7. The van der Waals surface area contributed by atoms with Gasteiger partial charge in [0.2, 0.25) is 0 Å². The molecule has 2 aliphatic rings. The number of carbonyl (C=O) groups excluding carboxylic acids is 2. The number of ether oxygens (including phenoxy) is 2. The van der Waals surface area contributed by atoms with Gasteiger partial charge in [0.1, 0.15) is 11.2 Å². The number of benzene rings is 1. The van der Waals surface area contributed by atoms with E-state index in [-0.39, 0.29) is 11.7 Å². The minimum atomic E-state index is -0.587. The molecule has 2 heterocycles. The number of esters is 1. The summed E-state index contributed by atoms with van der Waals surface area (Å²) in [6.07, 6.45) is 6.27. The molecule has 4 rings (SSSR count). The lowest BCUT2D eigenvalue weighted by Gasteiger charge is -2.38. The lowest BCUT2D eigenvalue weighted by Crippen LogP contribution is -2.48. The van der Waals surface area contributed by atoms with E-state index in [1.54, 1.807) is 17.2 Å². The van der Waals surface area contributed by atoms with Crippen LogP contribution < -0.4 is 4.90 Å². The summed E-state index contributed by atoms with van der Waals surface area (Å²) in [5.74, 6) is -0.400. The molecule has 0 bridgehead atoms. The fraction of sp³-hybridized carbons (Fsp3) is 0.500. The predicted octanol–water partition coefficient (Wildman–Crippen LogP) is 4.85. The molecule has 0 unspecified atom stereocenters. The van der Waals surface area contributed by atoms with Gasteiger partial charge < -0.3 is 9.47 Å². The summed E-state index contributed by atoms with van der Waals surface area (Å²) in [4.78, 5) is 31.3. The summed E-state index contributed by atoms with van der Waals surface area (Å²) >= 11 is 0. The molecule has 6 heteroatoms. The maximum atomic E-state index is 12.7. The molecule has 1 saturated carbocycles. The Balaban J connectivity index is 1.65. The Labute approximate surface area is 164 Å². The minimum Gasteiger partial charge on any atom is -0.456 e. The maximum absolute atomic E-state index is 12.7. The number of hydrogen-bond acceptors (Lipinski definition) is 5. The molecular formula is C22H26N2O4. The summed E-state index contributed by atoms with van der Waals surface area (Å²) in [5, 5.41) is 0.670. The van der Waals surface area contributed by atoms with Crippen LogP contribution in [0.1, 0.15) is 63.2 Å². The summed E-state index contributed by atoms with van der Waals surface area (Å²) in [6.45, 7) is 6.12. The van der Waals surface area contributed by atoms with Crippen molar-refractivity contribution in [2.24, 2.45) is 0 Å². The second-order valence-electron chi connectivity index (χ2n) is 8.72. The average molecular weight is 382 g/mol. The standard InChI is InChI=1S/C22H26N2O4/c1-21(2,3)27-19(25)16-8-12-23-18-7-6-15(14-17(16)18)24-13-11-22(28-20(24)26)9-4-5-10-22/h6-8,12,14H,4-5,9-11,13H2,1-3H3. The van der Waals surface area contributed by atoms with Gasteiger partial charge in [-0.2, -0.15) is 0 Å². The Kier molecular flexibility index (Phi) is 4.52. The highest BCUT2D eigenvalue weighted by Crippen LogP contribution is 2.40. The van der Waals surface area contributed by atoms with Gasteiger partial charge in [0.05, 0.1) is 11.1 Å². The number of pyridine rings is 1. The molecule has 1 saturated heterocycles. The second-order valence-corrected chi connectivity index (χ2v) is 8.72. The van der Waals surface area contributed by atoms with Crippen LogP contribution in [0.4, 0.5) is 10.5 Å². The van der Waals surface area contributed by atoms with Gasteiger partial charge in [-0.25, -0.2) is 9.59 Å². The van der Waals surface area contributed by atoms with E-state index in [1.165, 1.54) is 0 Å². The van der Waals surface area contributed by atoms with Crippen LogP contribution in [-0.2, 0) is 9.47 Å². The summed E-state index contributed by atoms with van der Waals surface area (Å²) in [7, 11) is 0. The molecule has 1 aliphatic carbocycles. The van der Waals surface area contributed by atoms with Gasteiger partial charge in [0.15, 0.2) is 0 Å². The van der Waals surface area contributed by atoms with Crippen LogP contribution in [0, 0.1) is 0 Å². The highest BCUT2D eigenvalue weighted by molar-refractivity contribution is 6.05. The highest BCUT2D eigenvalue weighted by Gasteiger charge is 2.43. The van der Waals surface area contributed by atoms with E-state index >= 15 is 0 Å². The Morgan fingerprint density at radius 1 is 1.18 bits per heavy atom. The van der Waals surface area contributed by atoms with Crippen LogP contribution in [-0.4, -0.2) is 34.8 Å². The number of anilines is 1. The third-order valence-electron chi connectivity index (χ3n) is 5.49. The third kappa shape index (κ3) is 3.55. The van der Waals surface area contributed by atoms with Crippen molar-refractivity contribution in [1.82, 2.24) is 4.98 Å². The van der Waals surface area contributed by atoms with Crippen molar-refractivity contribution >= 4 is 28.7 Å². The second kappa shape index (κ2) is 6.76. The minimum absolute atomic E-state index is 0.270. The SMILES string of the molecule is CC(C)(C)OC(=O)c1ccnc2ccc(N3CCC4(CCCC4)OC3=O)cc12. The normalized spacial score (nSPS) is 19.1. The van der Waals surface area contributed by atoms with Crippen molar-refractivity contribution in [2.45, 2.75) is 64.1 Å². The maximum Gasteiger partial charge on any atom is 0.414 e. The van der Waals surface area contributed by atoms with Gasteiger partial charge in [-0.3, -0.25) is 9.88 Å². The van der Waals surface area contributed by atoms with Gasteiger partial charge in [0, 0.05) is 30.2 Å². The Morgan fingerprint density at radius 3 is 2.61 bits per heavy atom. The molecule has 1 aromatic carbocycles. The van der Waals surface area contributed by atoms with E-state index in [0.717, 1.165) is 32.1 Å². The van der Waals surface area contributed by atoms with Gasteiger partial charge in [-0.1, -0.05) is 0 Å². The van der Waals surface area contributed by atoms with Crippen LogP contribution in [0.2, 0.25) is 0 Å². The number of hydrogen-bond donors (Lipinski definition) is 0. The smallest absolute Gasteiger partial charge is 0.414 e. The zero-order chi connectivity index (χ0) is 19.9. The first-order valence-corrected chi connectivity index (χ1v) is 9.89. The van der Waals surface area contributed by atoms with E-state index in [1.807, 2.05) is 39.0 Å². The van der Waals surface area contributed by atoms with Crippen molar-refractivity contribution in [2.75, 3.05) is 11.4 Å². The number of rotatable bonds is 2. The molecule has 2 fully saturated rings. The first-order valence-electron chi connectivity index (χ1n) is 9.89.